The SMILES string of the molecule is O=C1N=c2c(-c3ccccc3OCCN3CCCCC3)nc3ccccc3c2=N1. The first-order valence-corrected chi connectivity index (χ1v) is 10.1. The number of rotatable bonds is 5. The van der Waals surface area contributed by atoms with E-state index in [1.165, 1.54) is 19.3 Å². The molecule has 0 saturated carbocycles. The van der Waals surface area contributed by atoms with Crippen LogP contribution in [0.1, 0.15) is 19.3 Å². The van der Waals surface area contributed by atoms with Crippen molar-refractivity contribution < 1.29 is 9.53 Å². The van der Waals surface area contributed by atoms with Crippen LogP contribution in [0.2, 0.25) is 0 Å². The molecule has 0 unspecified atom stereocenters. The molecule has 0 aliphatic carbocycles. The van der Waals surface area contributed by atoms with Crippen LogP contribution in [-0.4, -0.2) is 42.2 Å². The Morgan fingerprint density at radius 2 is 1.66 bits per heavy atom. The van der Waals surface area contributed by atoms with E-state index in [4.69, 9.17) is 9.72 Å². The maximum absolute atomic E-state index is 12.0. The lowest BCUT2D eigenvalue weighted by Gasteiger charge is -2.26. The number of fused-ring (bicyclic) bond motifs is 3. The van der Waals surface area contributed by atoms with Crippen molar-refractivity contribution in [3.8, 4) is 17.0 Å². The van der Waals surface area contributed by atoms with Crippen LogP contribution in [0.3, 0.4) is 0 Å². The Bertz CT molecular complexity index is 1200. The molecular weight excluding hydrogens is 364 g/mol. The quantitative estimate of drug-likeness (QED) is 0.676. The number of amides is 2. The summed E-state index contributed by atoms with van der Waals surface area (Å²) in [6.07, 6.45) is 3.86. The first-order chi connectivity index (χ1) is 14.3. The number of para-hydroxylation sites is 2. The fourth-order valence-electron chi connectivity index (χ4n) is 4.06. The van der Waals surface area contributed by atoms with Crippen LogP contribution in [-0.2, 0) is 0 Å². The summed E-state index contributed by atoms with van der Waals surface area (Å²) in [6, 6.07) is 15.0. The second kappa shape index (κ2) is 7.72. The minimum absolute atomic E-state index is 0.483. The van der Waals surface area contributed by atoms with Gasteiger partial charge in [0.1, 0.15) is 28.8 Å². The third-order valence-corrected chi connectivity index (χ3v) is 5.51. The van der Waals surface area contributed by atoms with Gasteiger partial charge in [-0.15, -0.1) is 0 Å². The lowest BCUT2D eigenvalue weighted by atomic mass is 10.1. The maximum atomic E-state index is 12.0. The predicted octanol–water partition coefficient (Wildman–Crippen LogP) is 3.14. The van der Waals surface area contributed by atoms with E-state index in [1.807, 2.05) is 48.5 Å². The molecule has 6 nitrogen and oxygen atoms in total. The molecule has 0 radical (unpaired) electrons. The molecular formula is C23H22N4O2. The van der Waals surface area contributed by atoms with Crippen molar-refractivity contribution in [1.29, 1.82) is 0 Å². The lowest BCUT2D eigenvalue weighted by Crippen LogP contribution is -2.33. The van der Waals surface area contributed by atoms with Crippen molar-refractivity contribution in [1.82, 2.24) is 9.88 Å². The minimum atomic E-state index is -0.483. The Morgan fingerprint density at radius 3 is 2.55 bits per heavy atom. The van der Waals surface area contributed by atoms with Crippen molar-refractivity contribution in [2.24, 2.45) is 9.98 Å². The number of hydrogen-bond acceptors (Lipinski definition) is 4. The Hall–Kier alpha value is -3.12. The summed E-state index contributed by atoms with van der Waals surface area (Å²) < 4.78 is 6.15. The summed E-state index contributed by atoms with van der Waals surface area (Å²) in [4.78, 5) is 27.5. The fraction of sp³-hybridized carbons (Fsp3) is 0.304. The second-order valence-electron chi connectivity index (χ2n) is 7.43. The molecule has 6 heteroatoms. The van der Waals surface area contributed by atoms with Gasteiger partial charge in [-0.3, -0.25) is 4.90 Å². The van der Waals surface area contributed by atoms with Crippen LogP contribution < -0.4 is 15.5 Å². The highest BCUT2D eigenvalue weighted by Crippen LogP contribution is 2.27. The molecule has 1 fully saturated rings. The third-order valence-electron chi connectivity index (χ3n) is 5.51. The highest BCUT2D eigenvalue weighted by Gasteiger charge is 2.18. The Kier molecular flexibility index (Phi) is 4.77. The van der Waals surface area contributed by atoms with Crippen LogP contribution >= 0.6 is 0 Å². The summed E-state index contributed by atoms with van der Waals surface area (Å²) in [5.41, 5.74) is 2.27. The van der Waals surface area contributed by atoms with Crippen LogP contribution in [0.4, 0.5) is 4.79 Å². The number of nitrogens with zero attached hydrogens (tertiary/aromatic N) is 4. The van der Waals surface area contributed by atoms with E-state index in [0.717, 1.165) is 41.9 Å². The van der Waals surface area contributed by atoms with E-state index in [2.05, 4.69) is 14.9 Å². The van der Waals surface area contributed by atoms with Crippen molar-refractivity contribution in [2.75, 3.05) is 26.2 Å². The zero-order chi connectivity index (χ0) is 19.6. The van der Waals surface area contributed by atoms with Gasteiger partial charge in [0.25, 0.3) is 0 Å². The van der Waals surface area contributed by atoms with Gasteiger partial charge in [-0.1, -0.05) is 36.8 Å². The molecule has 1 saturated heterocycles. The average Bonchev–Trinajstić information content (AvgIpc) is 3.16. The lowest BCUT2D eigenvalue weighted by molar-refractivity contribution is 0.183. The zero-order valence-corrected chi connectivity index (χ0v) is 16.2. The second-order valence-corrected chi connectivity index (χ2v) is 7.43. The van der Waals surface area contributed by atoms with Gasteiger partial charge in [0.2, 0.25) is 0 Å². The smallest absolute Gasteiger partial charge is 0.368 e. The number of urea groups is 1. The molecule has 3 aromatic rings. The van der Waals surface area contributed by atoms with Crippen LogP contribution in [0.15, 0.2) is 58.5 Å². The molecule has 0 N–H and O–H groups in total. The first kappa shape index (κ1) is 17.9. The van der Waals surface area contributed by atoms with Crippen molar-refractivity contribution >= 4 is 16.9 Å². The van der Waals surface area contributed by atoms with Gasteiger partial charge < -0.3 is 4.74 Å². The molecule has 0 bridgehead atoms. The molecule has 3 heterocycles. The standard InChI is InChI=1S/C23H22N4O2/c28-23-25-20-16-8-2-4-10-18(16)24-21(22(20)26-23)17-9-3-5-11-19(17)29-15-14-27-12-6-1-7-13-27/h2-5,8-11H,1,6-7,12-15H2. The fourth-order valence-corrected chi connectivity index (χ4v) is 4.06. The number of carbonyl (C=O) groups is 1. The van der Waals surface area contributed by atoms with Gasteiger partial charge in [-0.2, -0.15) is 9.98 Å². The monoisotopic (exact) mass is 386 g/mol. The maximum Gasteiger partial charge on any atom is 0.368 e. The summed E-state index contributed by atoms with van der Waals surface area (Å²) in [5.74, 6) is 0.754. The van der Waals surface area contributed by atoms with Gasteiger partial charge in [-0.05, 0) is 44.1 Å². The Labute approximate surface area is 168 Å². The van der Waals surface area contributed by atoms with Crippen molar-refractivity contribution in [2.45, 2.75) is 19.3 Å². The topological polar surface area (TPSA) is 67.2 Å². The molecule has 2 amide bonds. The summed E-state index contributed by atoms with van der Waals surface area (Å²) in [5, 5.41) is 1.96. The largest absolute Gasteiger partial charge is 0.492 e. The van der Waals surface area contributed by atoms with E-state index in [1.54, 1.807) is 0 Å². The van der Waals surface area contributed by atoms with Gasteiger partial charge >= 0.3 is 6.03 Å². The zero-order valence-electron chi connectivity index (χ0n) is 16.2. The Balaban J connectivity index is 1.52. The first-order valence-electron chi connectivity index (χ1n) is 10.1. The third kappa shape index (κ3) is 3.51. The number of carbonyl (C=O) groups excluding carboxylic acids is 1. The summed E-state index contributed by atoms with van der Waals surface area (Å²) >= 11 is 0. The molecule has 5 rings (SSSR count). The average molecular weight is 386 g/mol. The molecule has 146 valence electrons. The normalized spacial score (nSPS) is 16.3. The van der Waals surface area contributed by atoms with Gasteiger partial charge in [0.15, 0.2) is 0 Å². The molecule has 2 aliphatic rings. The van der Waals surface area contributed by atoms with E-state index >= 15 is 0 Å². The summed E-state index contributed by atoms with van der Waals surface area (Å²) in [6.45, 7) is 3.82. The number of ether oxygens (including phenoxy) is 1. The molecule has 1 aromatic heterocycles. The van der Waals surface area contributed by atoms with Gasteiger partial charge in [0, 0.05) is 17.5 Å². The van der Waals surface area contributed by atoms with E-state index in [-0.39, 0.29) is 0 Å². The number of aromatic nitrogens is 1. The van der Waals surface area contributed by atoms with Crippen molar-refractivity contribution in [3.05, 3.63) is 59.2 Å². The number of likely N-dealkylation sites (tertiary alicyclic amines) is 1. The molecule has 2 aromatic carbocycles. The number of benzene rings is 2. The van der Waals surface area contributed by atoms with Crippen molar-refractivity contribution in [3.63, 3.8) is 0 Å². The summed E-state index contributed by atoms with van der Waals surface area (Å²) in [7, 11) is 0. The molecule has 0 spiro atoms. The van der Waals surface area contributed by atoms with Gasteiger partial charge in [0.05, 0.1) is 5.52 Å². The Morgan fingerprint density at radius 1 is 0.897 bits per heavy atom. The number of hydrogen-bond donors (Lipinski definition) is 0. The van der Waals surface area contributed by atoms with E-state index < -0.39 is 6.03 Å². The molecule has 2 aliphatic heterocycles. The van der Waals surface area contributed by atoms with Crippen LogP contribution in [0, 0.1) is 0 Å². The predicted molar refractivity (Wildman–Crippen MR) is 111 cm³/mol. The van der Waals surface area contributed by atoms with Gasteiger partial charge in [-0.25, -0.2) is 9.78 Å². The highest BCUT2D eigenvalue weighted by atomic mass is 16.5. The van der Waals surface area contributed by atoms with Crippen LogP contribution in [0.5, 0.6) is 5.75 Å². The molecule has 0 atom stereocenters. The highest BCUT2D eigenvalue weighted by molar-refractivity contribution is 5.87. The minimum Gasteiger partial charge on any atom is -0.492 e. The van der Waals surface area contributed by atoms with E-state index in [9.17, 15) is 4.79 Å². The van der Waals surface area contributed by atoms with E-state index in [0.29, 0.717) is 23.0 Å². The number of piperidine rings is 1. The molecule has 29 heavy (non-hydrogen) atoms. The number of pyridine rings is 1. The van der Waals surface area contributed by atoms with Crippen LogP contribution in [0.25, 0.3) is 22.2 Å².